The van der Waals surface area contributed by atoms with Gasteiger partial charge in [-0.15, -0.1) is 0 Å². The summed E-state index contributed by atoms with van der Waals surface area (Å²) in [6.07, 6.45) is 2.50. The van der Waals surface area contributed by atoms with Crippen LogP contribution in [0.2, 0.25) is 0 Å². The van der Waals surface area contributed by atoms with Crippen molar-refractivity contribution in [1.29, 1.82) is 0 Å². The molecule has 1 aliphatic rings. The van der Waals surface area contributed by atoms with E-state index < -0.39 is 0 Å². The Balaban J connectivity index is 1.63. The van der Waals surface area contributed by atoms with Gasteiger partial charge in [-0.25, -0.2) is 9.37 Å². The van der Waals surface area contributed by atoms with Gasteiger partial charge in [0.1, 0.15) is 11.6 Å². The van der Waals surface area contributed by atoms with Crippen LogP contribution >= 0.6 is 0 Å². The predicted molar refractivity (Wildman–Crippen MR) is 73.2 cm³/mol. The lowest BCUT2D eigenvalue weighted by molar-refractivity contribution is -0.125. The van der Waals surface area contributed by atoms with Crippen molar-refractivity contribution in [3.8, 4) is 0 Å². The van der Waals surface area contributed by atoms with Gasteiger partial charge in [-0.1, -0.05) is 0 Å². The van der Waals surface area contributed by atoms with Crippen LogP contribution in [0, 0.1) is 11.7 Å². The quantitative estimate of drug-likeness (QED) is 0.793. The van der Waals surface area contributed by atoms with Crippen LogP contribution in [0.15, 0.2) is 18.2 Å². The fourth-order valence-electron chi connectivity index (χ4n) is 2.69. The summed E-state index contributed by atoms with van der Waals surface area (Å²) in [6.45, 7) is 0.320. The number of amides is 1. The third kappa shape index (κ3) is 2.65. The van der Waals surface area contributed by atoms with E-state index in [9.17, 15) is 9.18 Å². The highest BCUT2D eigenvalue weighted by Crippen LogP contribution is 2.24. The van der Waals surface area contributed by atoms with E-state index in [0.29, 0.717) is 23.4 Å². The number of imidazole rings is 1. The third-order valence-electron chi connectivity index (χ3n) is 3.77. The van der Waals surface area contributed by atoms with E-state index in [4.69, 9.17) is 5.73 Å². The van der Waals surface area contributed by atoms with Crippen molar-refractivity contribution >= 4 is 16.9 Å². The number of rotatable bonds is 3. The zero-order valence-electron chi connectivity index (χ0n) is 11.0. The van der Waals surface area contributed by atoms with Gasteiger partial charge in [0.05, 0.1) is 17.6 Å². The van der Waals surface area contributed by atoms with E-state index in [-0.39, 0.29) is 23.7 Å². The molecule has 4 N–H and O–H groups in total. The van der Waals surface area contributed by atoms with Crippen molar-refractivity contribution in [3.05, 3.63) is 29.8 Å². The second-order valence-electron chi connectivity index (χ2n) is 5.33. The number of carbonyl (C=O) groups is 1. The molecule has 0 aliphatic heterocycles. The SMILES string of the molecule is NC1CCC(C(=O)NCc2nc3ccc(F)cc3[nH]2)C1. The van der Waals surface area contributed by atoms with Gasteiger partial charge in [-0.2, -0.15) is 0 Å². The molecule has 20 heavy (non-hydrogen) atoms. The molecule has 0 bridgehead atoms. The summed E-state index contributed by atoms with van der Waals surface area (Å²) in [5.41, 5.74) is 7.13. The first-order valence-corrected chi connectivity index (χ1v) is 6.79. The van der Waals surface area contributed by atoms with Crippen molar-refractivity contribution in [2.24, 2.45) is 11.7 Å². The van der Waals surface area contributed by atoms with Crippen LogP contribution in [0.3, 0.4) is 0 Å². The normalized spacial score (nSPS) is 22.3. The minimum Gasteiger partial charge on any atom is -0.349 e. The lowest BCUT2D eigenvalue weighted by Crippen LogP contribution is -2.30. The third-order valence-corrected chi connectivity index (χ3v) is 3.77. The standard InChI is InChI=1S/C14H17FN4O/c15-9-2-4-11-12(6-9)19-13(18-11)7-17-14(20)8-1-3-10(16)5-8/h2,4,6,8,10H,1,3,5,7,16H2,(H,17,20)(H,18,19). The summed E-state index contributed by atoms with van der Waals surface area (Å²) in [4.78, 5) is 19.3. The second-order valence-corrected chi connectivity index (χ2v) is 5.33. The van der Waals surface area contributed by atoms with Gasteiger partial charge in [-0.3, -0.25) is 4.79 Å². The molecule has 0 radical (unpaired) electrons. The van der Waals surface area contributed by atoms with Crippen molar-refractivity contribution in [2.75, 3.05) is 0 Å². The van der Waals surface area contributed by atoms with Gasteiger partial charge >= 0.3 is 0 Å². The number of aromatic amines is 1. The number of nitrogens with two attached hydrogens (primary N) is 1. The molecule has 1 aromatic heterocycles. The van der Waals surface area contributed by atoms with E-state index >= 15 is 0 Å². The number of benzene rings is 1. The van der Waals surface area contributed by atoms with E-state index in [1.165, 1.54) is 12.1 Å². The number of aromatic nitrogens is 2. The minimum atomic E-state index is -0.309. The van der Waals surface area contributed by atoms with Crippen LogP contribution in [0.1, 0.15) is 25.1 Å². The predicted octanol–water partition coefficient (Wildman–Crippen LogP) is 1.45. The molecule has 3 rings (SSSR count). The van der Waals surface area contributed by atoms with Crippen LogP contribution in [0.25, 0.3) is 11.0 Å². The van der Waals surface area contributed by atoms with Crippen LogP contribution in [0.5, 0.6) is 0 Å². The Bertz CT molecular complexity index is 639. The van der Waals surface area contributed by atoms with Crippen LogP contribution in [-0.4, -0.2) is 21.9 Å². The molecule has 1 amide bonds. The van der Waals surface area contributed by atoms with Crippen molar-refractivity contribution in [1.82, 2.24) is 15.3 Å². The van der Waals surface area contributed by atoms with E-state index in [1.54, 1.807) is 6.07 Å². The largest absolute Gasteiger partial charge is 0.349 e. The maximum atomic E-state index is 13.1. The Morgan fingerprint density at radius 1 is 1.50 bits per heavy atom. The number of nitrogens with zero attached hydrogens (tertiary/aromatic N) is 1. The topological polar surface area (TPSA) is 83.8 Å². The zero-order valence-corrected chi connectivity index (χ0v) is 11.0. The van der Waals surface area contributed by atoms with Gasteiger partial charge in [0.2, 0.25) is 5.91 Å². The molecule has 1 heterocycles. The molecule has 1 fully saturated rings. The molecule has 2 atom stereocenters. The number of carbonyl (C=O) groups excluding carboxylic acids is 1. The van der Waals surface area contributed by atoms with Crippen molar-refractivity contribution in [2.45, 2.75) is 31.8 Å². The summed E-state index contributed by atoms with van der Waals surface area (Å²) in [6, 6.07) is 4.51. The maximum Gasteiger partial charge on any atom is 0.223 e. The zero-order chi connectivity index (χ0) is 14.1. The molecule has 6 heteroatoms. The lowest BCUT2D eigenvalue weighted by atomic mass is 10.1. The van der Waals surface area contributed by atoms with Gasteiger partial charge in [0.25, 0.3) is 0 Å². The van der Waals surface area contributed by atoms with E-state index in [1.807, 2.05) is 0 Å². The summed E-state index contributed by atoms with van der Waals surface area (Å²) in [7, 11) is 0. The fraction of sp³-hybridized carbons (Fsp3) is 0.429. The number of halogens is 1. The molecule has 1 saturated carbocycles. The highest BCUT2D eigenvalue weighted by atomic mass is 19.1. The Hall–Kier alpha value is -1.95. The molecule has 106 valence electrons. The monoisotopic (exact) mass is 276 g/mol. The van der Waals surface area contributed by atoms with Gasteiger partial charge < -0.3 is 16.0 Å². The fourth-order valence-corrected chi connectivity index (χ4v) is 2.69. The molecule has 2 aromatic rings. The van der Waals surface area contributed by atoms with Gasteiger partial charge in [0, 0.05) is 12.0 Å². The smallest absolute Gasteiger partial charge is 0.223 e. The summed E-state index contributed by atoms with van der Waals surface area (Å²) in [5, 5.41) is 2.86. The first-order valence-electron chi connectivity index (χ1n) is 6.79. The lowest BCUT2D eigenvalue weighted by Gasteiger charge is -2.09. The molecular formula is C14H17FN4O. The number of fused-ring (bicyclic) bond motifs is 1. The second kappa shape index (κ2) is 5.20. The highest BCUT2D eigenvalue weighted by Gasteiger charge is 2.27. The molecule has 0 spiro atoms. The van der Waals surface area contributed by atoms with E-state index in [0.717, 1.165) is 19.3 Å². The Morgan fingerprint density at radius 2 is 2.35 bits per heavy atom. The molecule has 2 unspecified atom stereocenters. The van der Waals surface area contributed by atoms with Gasteiger partial charge in [-0.05, 0) is 37.5 Å². The molecule has 0 saturated heterocycles. The first kappa shape index (κ1) is 13.1. The first-order chi connectivity index (χ1) is 9.61. The average molecular weight is 276 g/mol. The van der Waals surface area contributed by atoms with Crippen LogP contribution in [-0.2, 0) is 11.3 Å². The maximum absolute atomic E-state index is 13.1. The molecular weight excluding hydrogens is 259 g/mol. The number of nitrogens with one attached hydrogen (secondary N) is 2. The van der Waals surface area contributed by atoms with Crippen LogP contribution < -0.4 is 11.1 Å². The molecule has 1 aliphatic carbocycles. The summed E-state index contributed by atoms with van der Waals surface area (Å²) in [5.74, 6) is 0.342. The highest BCUT2D eigenvalue weighted by molar-refractivity contribution is 5.79. The Morgan fingerprint density at radius 3 is 3.10 bits per heavy atom. The number of hydrogen-bond acceptors (Lipinski definition) is 3. The summed E-state index contributed by atoms with van der Waals surface area (Å²) < 4.78 is 13.1. The molecule has 5 nitrogen and oxygen atoms in total. The molecule has 1 aromatic carbocycles. The van der Waals surface area contributed by atoms with Crippen molar-refractivity contribution in [3.63, 3.8) is 0 Å². The van der Waals surface area contributed by atoms with Gasteiger partial charge in [0.15, 0.2) is 0 Å². The van der Waals surface area contributed by atoms with Crippen molar-refractivity contribution < 1.29 is 9.18 Å². The van der Waals surface area contributed by atoms with E-state index in [2.05, 4.69) is 15.3 Å². The summed E-state index contributed by atoms with van der Waals surface area (Å²) >= 11 is 0. The minimum absolute atomic E-state index is 0.00632. The number of hydrogen-bond donors (Lipinski definition) is 3. The number of H-pyrrole nitrogens is 1. The van der Waals surface area contributed by atoms with Crippen LogP contribution in [0.4, 0.5) is 4.39 Å². The Kier molecular flexibility index (Phi) is 3.40. The average Bonchev–Trinajstić information content (AvgIpc) is 3.01. The Labute approximate surface area is 115 Å².